The Morgan fingerprint density at radius 1 is 1.00 bits per heavy atom. The molecule has 4 rings (SSSR count). The fourth-order valence-electron chi connectivity index (χ4n) is 3.43. The highest BCUT2D eigenvalue weighted by Crippen LogP contribution is 2.36. The van der Waals surface area contributed by atoms with Gasteiger partial charge in [0.1, 0.15) is 17.2 Å². The number of amides is 1. The van der Waals surface area contributed by atoms with Gasteiger partial charge in [-0.2, -0.15) is 26.3 Å². The van der Waals surface area contributed by atoms with E-state index in [-0.39, 0.29) is 6.07 Å². The van der Waals surface area contributed by atoms with Gasteiger partial charge in [-0.05, 0) is 59.5 Å². The molecule has 3 N–H and O–H groups in total. The third-order valence-corrected chi connectivity index (χ3v) is 5.89. The molecule has 0 aliphatic carbocycles. The second kappa shape index (κ2) is 8.67. The predicted molar refractivity (Wildman–Crippen MR) is 115 cm³/mol. The van der Waals surface area contributed by atoms with Crippen LogP contribution in [0.2, 0.25) is 0 Å². The van der Waals surface area contributed by atoms with E-state index >= 15 is 0 Å². The molecule has 0 saturated carbocycles. The maximum absolute atomic E-state index is 13.0. The van der Waals surface area contributed by atoms with Gasteiger partial charge in [0.05, 0.1) is 22.8 Å². The minimum atomic E-state index is -4.98. The van der Waals surface area contributed by atoms with Gasteiger partial charge in [0.15, 0.2) is 0 Å². The molecular weight excluding hydrogens is 482 g/mol. The van der Waals surface area contributed by atoms with E-state index in [2.05, 4.69) is 10.3 Å². The lowest BCUT2D eigenvalue weighted by Gasteiger charge is -2.25. The van der Waals surface area contributed by atoms with Gasteiger partial charge >= 0.3 is 12.4 Å². The van der Waals surface area contributed by atoms with Crippen molar-refractivity contribution in [2.45, 2.75) is 18.8 Å². The topological polar surface area (TPSA) is 70.7 Å². The number of carbonyl (C=O) groups excluding carboxylic acids is 1. The van der Waals surface area contributed by atoms with Crippen LogP contribution in [0.4, 0.5) is 37.7 Å². The largest absolute Gasteiger partial charge is 0.416 e. The minimum Gasteiger partial charge on any atom is -0.384 e. The molecule has 0 atom stereocenters. The zero-order chi connectivity index (χ0) is 24.7. The van der Waals surface area contributed by atoms with Crippen LogP contribution in [0.5, 0.6) is 0 Å². The second-order valence-corrected chi connectivity index (χ2v) is 8.33. The number of nitrogens with one attached hydrogen (secondary N) is 1. The highest BCUT2D eigenvalue weighted by Gasteiger charge is 2.37. The number of benzene rings is 2. The number of anilines is 2. The Labute approximate surface area is 192 Å². The van der Waals surface area contributed by atoms with E-state index in [4.69, 9.17) is 5.73 Å². The lowest BCUT2D eigenvalue weighted by Crippen LogP contribution is -2.41. The van der Waals surface area contributed by atoms with E-state index in [1.807, 2.05) is 11.4 Å². The first kappa shape index (κ1) is 23.6. The van der Waals surface area contributed by atoms with Gasteiger partial charge in [-0.1, -0.05) is 0 Å². The number of carbonyl (C=O) groups is 1. The molecule has 0 bridgehead atoms. The number of fused-ring (bicyclic) bond motifs is 1. The number of thiophene rings is 1. The number of nitrogens with zero attached hydrogens (tertiary/aromatic N) is 2. The number of halogens is 6. The lowest BCUT2D eigenvalue weighted by atomic mass is 10.0. The molecule has 0 spiro atoms. The summed E-state index contributed by atoms with van der Waals surface area (Å²) in [5.41, 5.74) is 3.89. The van der Waals surface area contributed by atoms with Crippen molar-refractivity contribution in [1.82, 2.24) is 0 Å². The van der Waals surface area contributed by atoms with E-state index in [9.17, 15) is 31.1 Å². The molecular formula is C22H16F6N4OS. The Bertz CT molecular complexity index is 1310. The summed E-state index contributed by atoms with van der Waals surface area (Å²) in [4.78, 5) is 18.5. The number of hydrogen-bond donors (Lipinski definition) is 2. The van der Waals surface area contributed by atoms with Crippen molar-refractivity contribution >= 4 is 34.4 Å². The van der Waals surface area contributed by atoms with Crippen molar-refractivity contribution in [3.8, 4) is 0 Å². The lowest BCUT2D eigenvalue weighted by molar-refractivity contribution is -0.143. The molecule has 1 aliphatic rings. The molecule has 3 aromatic rings. The van der Waals surface area contributed by atoms with Crippen molar-refractivity contribution in [1.29, 1.82) is 0 Å². The third kappa shape index (κ3) is 5.01. The Hall–Kier alpha value is -3.54. The van der Waals surface area contributed by atoms with Gasteiger partial charge < -0.3 is 16.0 Å². The summed E-state index contributed by atoms with van der Waals surface area (Å²) in [6.45, 7) is 0.308. The number of alkyl halides is 6. The molecule has 1 amide bonds. The van der Waals surface area contributed by atoms with E-state index in [0.29, 0.717) is 36.0 Å². The van der Waals surface area contributed by atoms with Crippen LogP contribution in [0.15, 0.2) is 58.9 Å². The molecule has 34 heavy (non-hydrogen) atoms. The first-order valence-corrected chi connectivity index (χ1v) is 10.6. The molecule has 12 heteroatoms. The van der Waals surface area contributed by atoms with E-state index in [0.717, 1.165) is 9.89 Å². The van der Waals surface area contributed by atoms with Crippen LogP contribution in [0, 0.1) is 0 Å². The molecule has 2 heterocycles. The summed E-state index contributed by atoms with van der Waals surface area (Å²) in [7, 11) is 0. The summed E-state index contributed by atoms with van der Waals surface area (Å²) in [6, 6.07) is 9.40. The number of hydrogen-bond acceptors (Lipinski definition) is 5. The molecule has 0 fully saturated rings. The average molecular weight is 498 g/mol. The molecule has 2 aromatic carbocycles. The second-order valence-electron chi connectivity index (χ2n) is 7.44. The van der Waals surface area contributed by atoms with Crippen LogP contribution < -0.4 is 25.8 Å². The SMILES string of the molecule is NC1=c2ccsc2=NCN1c1ccc(NC(=O)Cc2cc(C(F)(F)F)cc(C(F)(F)F)c2)cc1. The highest BCUT2D eigenvalue weighted by atomic mass is 32.1. The van der Waals surface area contributed by atoms with Crippen LogP contribution in [0.1, 0.15) is 16.7 Å². The Morgan fingerprint density at radius 2 is 1.62 bits per heavy atom. The summed E-state index contributed by atoms with van der Waals surface area (Å²) < 4.78 is 78.9. The van der Waals surface area contributed by atoms with Crippen molar-refractivity contribution < 1.29 is 31.1 Å². The number of nitrogens with two attached hydrogens (primary N) is 1. The molecule has 178 valence electrons. The van der Waals surface area contributed by atoms with Crippen molar-refractivity contribution in [2.24, 2.45) is 10.7 Å². The predicted octanol–water partition coefficient (Wildman–Crippen LogP) is 4.09. The Balaban J connectivity index is 1.49. The van der Waals surface area contributed by atoms with Gasteiger partial charge in [-0.25, -0.2) is 0 Å². The Kier molecular flexibility index (Phi) is 6.02. The minimum absolute atomic E-state index is 0.0226. The molecule has 5 nitrogen and oxygen atoms in total. The summed E-state index contributed by atoms with van der Waals surface area (Å²) in [5.74, 6) is -0.241. The van der Waals surface area contributed by atoms with Crippen molar-refractivity contribution in [3.05, 3.63) is 80.5 Å². The van der Waals surface area contributed by atoms with Crippen LogP contribution in [-0.4, -0.2) is 12.6 Å². The zero-order valence-corrected chi connectivity index (χ0v) is 18.0. The van der Waals surface area contributed by atoms with Crippen molar-refractivity contribution in [3.63, 3.8) is 0 Å². The average Bonchev–Trinajstić information content (AvgIpc) is 3.23. The highest BCUT2D eigenvalue weighted by molar-refractivity contribution is 7.07. The van der Waals surface area contributed by atoms with Gasteiger partial charge in [0, 0.05) is 11.4 Å². The summed E-state index contributed by atoms with van der Waals surface area (Å²) >= 11 is 1.47. The maximum Gasteiger partial charge on any atom is 0.416 e. The third-order valence-electron chi connectivity index (χ3n) is 5.04. The van der Waals surface area contributed by atoms with Crippen LogP contribution in [0.3, 0.4) is 0 Å². The van der Waals surface area contributed by atoms with E-state index in [1.165, 1.54) is 11.3 Å². The molecule has 1 aromatic heterocycles. The normalized spacial score (nSPS) is 13.9. The fraction of sp³-hybridized carbons (Fsp3) is 0.182. The first-order chi connectivity index (χ1) is 15.9. The Morgan fingerprint density at radius 3 is 2.21 bits per heavy atom. The first-order valence-electron chi connectivity index (χ1n) is 9.75. The molecule has 0 unspecified atom stereocenters. The van der Waals surface area contributed by atoms with Gasteiger partial charge in [0.25, 0.3) is 0 Å². The summed E-state index contributed by atoms with van der Waals surface area (Å²) in [6.07, 6.45) is -10.6. The van der Waals surface area contributed by atoms with Crippen LogP contribution in [-0.2, 0) is 23.6 Å². The van der Waals surface area contributed by atoms with E-state index in [1.54, 1.807) is 29.2 Å². The van der Waals surface area contributed by atoms with Crippen LogP contribution in [0.25, 0.3) is 5.82 Å². The standard InChI is InChI=1S/C22H16F6N4OS/c23-21(24,25)13-7-12(8-14(10-13)22(26,27)28)9-18(33)31-15-1-3-16(4-2-15)32-11-30-20-17(19(32)29)5-6-34-20/h1-8,10H,9,11,29H2,(H,31,33). The quantitative estimate of drug-likeness (QED) is 0.533. The smallest absolute Gasteiger partial charge is 0.384 e. The zero-order valence-electron chi connectivity index (χ0n) is 17.2. The molecule has 0 radical (unpaired) electrons. The summed E-state index contributed by atoms with van der Waals surface area (Å²) in [5, 5.41) is 5.17. The molecule has 0 saturated heterocycles. The molecule has 1 aliphatic heterocycles. The van der Waals surface area contributed by atoms with Gasteiger partial charge in [0.2, 0.25) is 5.91 Å². The van der Waals surface area contributed by atoms with Gasteiger partial charge in [-0.3, -0.25) is 9.79 Å². The van der Waals surface area contributed by atoms with Crippen molar-refractivity contribution in [2.75, 3.05) is 16.9 Å². The van der Waals surface area contributed by atoms with Gasteiger partial charge in [-0.15, -0.1) is 11.3 Å². The monoisotopic (exact) mass is 498 g/mol. The van der Waals surface area contributed by atoms with Crippen LogP contribution >= 0.6 is 11.3 Å². The number of rotatable bonds is 4. The van der Waals surface area contributed by atoms with E-state index < -0.39 is 41.4 Å². The maximum atomic E-state index is 13.0. The fourth-order valence-corrected chi connectivity index (χ4v) is 4.20.